The van der Waals surface area contributed by atoms with Crippen molar-refractivity contribution < 1.29 is 4.39 Å². The molecule has 0 bridgehead atoms. The first-order valence-electron chi connectivity index (χ1n) is 6.18. The zero-order valence-corrected chi connectivity index (χ0v) is 12.9. The molecule has 0 aromatic heterocycles. The molecule has 2 N–H and O–H groups in total. The minimum atomic E-state index is -0.446. The molecule has 0 aliphatic rings. The zero-order valence-electron chi connectivity index (χ0n) is 11.3. The fourth-order valence-electron chi connectivity index (χ4n) is 2.59. The summed E-state index contributed by atoms with van der Waals surface area (Å²) in [5, 5.41) is 0. The van der Waals surface area contributed by atoms with Crippen molar-refractivity contribution in [1.29, 1.82) is 0 Å². The maximum atomic E-state index is 13.9. The lowest BCUT2D eigenvalue weighted by atomic mass is 9.90. The molecule has 0 amide bonds. The quantitative estimate of drug-likeness (QED) is 0.862. The van der Waals surface area contributed by atoms with Crippen molar-refractivity contribution in [3.8, 4) is 0 Å². The van der Waals surface area contributed by atoms with Gasteiger partial charge in [-0.2, -0.15) is 0 Å². The number of nitrogens with two attached hydrogens (primary N) is 1. The Kier molecular flexibility index (Phi) is 4.07. The lowest BCUT2D eigenvalue weighted by Gasteiger charge is -2.19. The molecule has 1 nitrogen and oxygen atoms in total. The van der Waals surface area contributed by atoms with Gasteiger partial charge in [-0.3, -0.25) is 0 Å². The van der Waals surface area contributed by atoms with E-state index in [1.54, 1.807) is 12.1 Å². The van der Waals surface area contributed by atoms with Crippen LogP contribution in [0.4, 0.5) is 4.39 Å². The molecule has 0 spiro atoms. The van der Waals surface area contributed by atoms with Crippen LogP contribution >= 0.6 is 15.9 Å². The summed E-state index contributed by atoms with van der Waals surface area (Å²) in [6.45, 7) is 6.09. The first kappa shape index (κ1) is 14.2. The van der Waals surface area contributed by atoms with E-state index in [4.69, 9.17) is 5.73 Å². The topological polar surface area (TPSA) is 26.0 Å². The molecule has 3 heteroatoms. The first-order chi connectivity index (χ1) is 8.90. The smallest absolute Gasteiger partial charge is 0.128 e. The first-order valence-corrected chi connectivity index (χ1v) is 6.97. The average Bonchev–Trinajstić information content (AvgIpc) is 2.30. The number of rotatable bonds is 2. The number of hydrogen-bond acceptors (Lipinski definition) is 1. The van der Waals surface area contributed by atoms with Crippen molar-refractivity contribution >= 4 is 15.9 Å². The maximum Gasteiger partial charge on any atom is 0.128 e. The fraction of sp³-hybridized carbons (Fsp3) is 0.250. The van der Waals surface area contributed by atoms with Crippen LogP contribution in [0.5, 0.6) is 0 Å². The summed E-state index contributed by atoms with van der Waals surface area (Å²) in [5.41, 5.74) is 11.2. The molecule has 1 unspecified atom stereocenters. The molecule has 0 saturated heterocycles. The average molecular weight is 322 g/mol. The standard InChI is InChI=1S/C16H17BrFN/c1-9-6-10(2)15(11(3)7-9)16(19)13-8-12(17)4-5-14(13)18/h4-8,16H,19H2,1-3H3. The molecule has 2 aromatic rings. The fourth-order valence-corrected chi connectivity index (χ4v) is 2.97. The van der Waals surface area contributed by atoms with Crippen LogP contribution in [0, 0.1) is 26.6 Å². The second kappa shape index (κ2) is 5.43. The molecular weight excluding hydrogens is 305 g/mol. The van der Waals surface area contributed by atoms with E-state index < -0.39 is 6.04 Å². The highest BCUT2D eigenvalue weighted by molar-refractivity contribution is 9.10. The molecular formula is C16H17BrFN. The lowest BCUT2D eigenvalue weighted by molar-refractivity contribution is 0.598. The van der Waals surface area contributed by atoms with Gasteiger partial charge in [-0.05, 0) is 55.7 Å². The van der Waals surface area contributed by atoms with Gasteiger partial charge in [0, 0.05) is 10.0 Å². The molecule has 0 aliphatic heterocycles. The van der Waals surface area contributed by atoms with Crippen LogP contribution in [-0.2, 0) is 0 Å². The van der Waals surface area contributed by atoms with Gasteiger partial charge >= 0.3 is 0 Å². The van der Waals surface area contributed by atoms with Gasteiger partial charge in [0.2, 0.25) is 0 Å². The monoisotopic (exact) mass is 321 g/mol. The second-order valence-corrected chi connectivity index (χ2v) is 5.87. The summed E-state index contributed by atoms with van der Waals surface area (Å²) in [4.78, 5) is 0. The number of halogens is 2. The van der Waals surface area contributed by atoms with Crippen LogP contribution in [0.25, 0.3) is 0 Å². The van der Waals surface area contributed by atoms with E-state index in [-0.39, 0.29) is 5.82 Å². The van der Waals surface area contributed by atoms with Crippen LogP contribution < -0.4 is 5.73 Å². The lowest BCUT2D eigenvalue weighted by Crippen LogP contribution is -2.16. The van der Waals surface area contributed by atoms with Gasteiger partial charge in [0.15, 0.2) is 0 Å². The third-order valence-corrected chi connectivity index (χ3v) is 3.84. The summed E-state index contributed by atoms with van der Waals surface area (Å²) < 4.78 is 14.8. The molecule has 0 radical (unpaired) electrons. The maximum absolute atomic E-state index is 13.9. The minimum absolute atomic E-state index is 0.268. The molecule has 0 fully saturated rings. The largest absolute Gasteiger partial charge is 0.320 e. The third-order valence-electron chi connectivity index (χ3n) is 3.34. The van der Waals surface area contributed by atoms with Crippen molar-refractivity contribution in [2.24, 2.45) is 5.73 Å². The van der Waals surface area contributed by atoms with Gasteiger partial charge in [-0.15, -0.1) is 0 Å². The van der Waals surface area contributed by atoms with Gasteiger partial charge in [0.25, 0.3) is 0 Å². The SMILES string of the molecule is Cc1cc(C)c(C(N)c2cc(Br)ccc2F)c(C)c1. The van der Waals surface area contributed by atoms with Crippen molar-refractivity contribution in [2.75, 3.05) is 0 Å². The Morgan fingerprint density at radius 2 is 1.63 bits per heavy atom. The Balaban J connectivity index is 2.56. The van der Waals surface area contributed by atoms with Gasteiger partial charge in [-0.1, -0.05) is 33.6 Å². The number of aryl methyl sites for hydroxylation is 3. The highest BCUT2D eigenvalue weighted by atomic mass is 79.9. The Hall–Kier alpha value is -1.19. The summed E-state index contributed by atoms with van der Waals surface area (Å²) >= 11 is 3.36. The van der Waals surface area contributed by atoms with E-state index in [1.807, 2.05) is 13.8 Å². The van der Waals surface area contributed by atoms with Gasteiger partial charge in [-0.25, -0.2) is 4.39 Å². The predicted octanol–water partition coefficient (Wildman–Crippen LogP) is 4.56. The van der Waals surface area contributed by atoms with Crippen LogP contribution in [0.1, 0.15) is 33.9 Å². The zero-order chi connectivity index (χ0) is 14.2. The summed E-state index contributed by atoms with van der Waals surface area (Å²) in [5.74, 6) is -0.268. The van der Waals surface area contributed by atoms with Gasteiger partial charge in [0.05, 0.1) is 6.04 Å². The molecule has 0 saturated carbocycles. The Morgan fingerprint density at radius 3 is 2.21 bits per heavy atom. The normalized spacial score (nSPS) is 12.5. The summed E-state index contributed by atoms with van der Waals surface area (Å²) in [6, 6.07) is 8.59. The minimum Gasteiger partial charge on any atom is -0.320 e. The van der Waals surface area contributed by atoms with E-state index in [0.29, 0.717) is 5.56 Å². The molecule has 2 aromatic carbocycles. The van der Waals surface area contributed by atoms with Crippen LogP contribution in [0.2, 0.25) is 0 Å². The number of benzene rings is 2. The Morgan fingerprint density at radius 1 is 1.05 bits per heavy atom. The molecule has 2 rings (SSSR count). The molecule has 0 heterocycles. The van der Waals surface area contributed by atoms with Crippen LogP contribution in [0.15, 0.2) is 34.8 Å². The molecule has 19 heavy (non-hydrogen) atoms. The number of hydrogen-bond donors (Lipinski definition) is 1. The highest BCUT2D eigenvalue weighted by Gasteiger charge is 2.18. The van der Waals surface area contributed by atoms with Crippen molar-refractivity contribution in [3.05, 3.63) is 68.4 Å². The molecule has 100 valence electrons. The van der Waals surface area contributed by atoms with E-state index in [1.165, 1.54) is 11.6 Å². The van der Waals surface area contributed by atoms with E-state index in [9.17, 15) is 4.39 Å². The van der Waals surface area contributed by atoms with Crippen LogP contribution in [-0.4, -0.2) is 0 Å². The van der Waals surface area contributed by atoms with Gasteiger partial charge < -0.3 is 5.73 Å². The molecule has 1 atom stereocenters. The second-order valence-electron chi connectivity index (χ2n) is 4.96. The molecule has 0 aliphatic carbocycles. The van der Waals surface area contributed by atoms with Gasteiger partial charge in [0.1, 0.15) is 5.82 Å². The van der Waals surface area contributed by atoms with Crippen molar-refractivity contribution in [3.63, 3.8) is 0 Å². The predicted molar refractivity (Wildman–Crippen MR) is 80.8 cm³/mol. The van der Waals surface area contributed by atoms with E-state index in [0.717, 1.165) is 21.2 Å². The third kappa shape index (κ3) is 2.88. The highest BCUT2D eigenvalue weighted by Crippen LogP contribution is 2.30. The Labute approximate surface area is 121 Å². The van der Waals surface area contributed by atoms with Crippen LogP contribution in [0.3, 0.4) is 0 Å². The van der Waals surface area contributed by atoms with E-state index in [2.05, 4.69) is 35.0 Å². The summed E-state index contributed by atoms with van der Waals surface area (Å²) in [6.07, 6.45) is 0. The van der Waals surface area contributed by atoms with Crippen molar-refractivity contribution in [1.82, 2.24) is 0 Å². The van der Waals surface area contributed by atoms with Crippen molar-refractivity contribution in [2.45, 2.75) is 26.8 Å². The van der Waals surface area contributed by atoms with E-state index >= 15 is 0 Å². The Bertz CT molecular complexity index is 599. The summed E-state index contributed by atoms with van der Waals surface area (Å²) in [7, 11) is 0.